The maximum atomic E-state index is 12.4. The van der Waals surface area contributed by atoms with Crippen molar-refractivity contribution in [2.24, 2.45) is 0 Å². The van der Waals surface area contributed by atoms with Crippen molar-refractivity contribution in [3.63, 3.8) is 0 Å². The molecule has 0 spiro atoms. The molecule has 0 saturated heterocycles. The zero-order valence-corrected chi connectivity index (χ0v) is 28.3. The molecule has 1 unspecified atom stereocenters. The Balaban J connectivity index is 2.03. The third-order valence-electron chi connectivity index (χ3n) is 7.08. The molecule has 0 aliphatic rings. The molecule has 0 radical (unpaired) electrons. The molecule has 2 aromatic rings. The second kappa shape index (κ2) is 15.6. The smallest absolute Gasteiger partial charge is 0.407 e. The maximum absolute atomic E-state index is 12.4. The standard InChI is InChI=1S/C35H45NO7Si/c1-25(32(38)39)30-21-26(19-27(22-30)16-12-18-42-44(8,9)35(5,6)7)15-11-17-41-31(37)23-28-13-10-14-29(20-28)24-36-33(40)43-34(2,3)4/h10,13-14,19-22,25H,17-18,23-24H2,1-9H3,(H,36,40)(H,38,39). The second-order valence-corrected chi connectivity index (χ2v) is 17.9. The van der Waals surface area contributed by atoms with E-state index >= 15 is 0 Å². The highest BCUT2D eigenvalue weighted by Crippen LogP contribution is 2.36. The van der Waals surface area contributed by atoms with Gasteiger partial charge in [0.1, 0.15) is 5.60 Å². The van der Waals surface area contributed by atoms with Crippen molar-refractivity contribution in [3.8, 4) is 23.7 Å². The molecule has 0 heterocycles. The average molecular weight is 620 g/mol. The van der Waals surface area contributed by atoms with Gasteiger partial charge >= 0.3 is 18.0 Å². The molecule has 2 aromatic carbocycles. The van der Waals surface area contributed by atoms with Crippen LogP contribution in [0.3, 0.4) is 0 Å². The van der Waals surface area contributed by atoms with Gasteiger partial charge in [-0.15, -0.1) is 0 Å². The molecule has 44 heavy (non-hydrogen) atoms. The summed E-state index contributed by atoms with van der Waals surface area (Å²) in [5, 5.41) is 12.3. The lowest BCUT2D eigenvalue weighted by Crippen LogP contribution is -2.40. The predicted octanol–water partition coefficient (Wildman–Crippen LogP) is 6.41. The Kier molecular flexibility index (Phi) is 12.8. The minimum absolute atomic E-state index is 0.0459. The molecular formula is C35H45NO7Si. The number of nitrogens with one attached hydrogen (secondary N) is 1. The number of benzene rings is 2. The number of amides is 1. The maximum Gasteiger partial charge on any atom is 0.407 e. The van der Waals surface area contributed by atoms with E-state index in [1.165, 1.54) is 0 Å². The molecule has 0 bridgehead atoms. The normalized spacial score (nSPS) is 12.1. The molecule has 0 aliphatic carbocycles. The molecule has 0 saturated carbocycles. The quantitative estimate of drug-likeness (QED) is 0.190. The van der Waals surface area contributed by atoms with Gasteiger partial charge < -0.3 is 24.3 Å². The first kappa shape index (κ1) is 36.1. The van der Waals surface area contributed by atoms with E-state index in [0.29, 0.717) is 16.7 Å². The van der Waals surface area contributed by atoms with Gasteiger partial charge in [0.2, 0.25) is 0 Å². The van der Waals surface area contributed by atoms with Crippen molar-refractivity contribution in [3.05, 3.63) is 70.3 Å². The first-order valence-electron chi connectivity index (χ1n) is 14.6. The van der Waals surface area contributed by atoms with E-state index in [2.05, 4.69) is 62.9 Å². The van der Waals surface area contributed by atoms with Crippen molar-refractivity contribution in [1.82, 2.24) is 5.32 Å². The summed E-state index contributed by atoms with van der Waals surface area (Å²) in [4.78, 5) is 36.0. The largest absolute Gasteiger partial charge is 0.481 e. The van der Waals surface area contributed by atoms with E-state index in [1.807, 2.05) is 12.1 Å². The fourth-order valence-electron chi connectivity index (χ4n) is 3.57. The zero-order chi connectivity index (χ0) is 33.1. The van der Waals surface area contributed by atoms with Crippen LogP contribution in [0, 0.1) is 23.7 Å². The molecule has 236 valence electrons. The molecule has 0 aliphatic heterocycles. The van der Waals surface area contributed by atoms with Crippen molar-refractivity contribution < 1.29 is 33.4 Å². The van der Waals surface area contributed by atoms with Crippen molar-refractivity contribution in [2.45, 2.75) is 91.1 Å². The monoisotopic (exact) mass is 619 g/mol. The number of alkyl carbamates (subject to hydrolysis) is 1. The highest BCUT2D eigenvalue weighted by molar-refractivity contribution is 6.74. The van der Waals surface area contributed by atoms with Crippen LogP contribution < -0.4 is 5.32 Å². The third-order valence-corrected chi connectivity index (χ3v) is 11.6. The van der Waals surface area contributed by atoms with Crippen LogP contribution >= 0.6 is 0 Å². The van der Waals surface area contributed by atoms with E-state index in [4.69, 9.17) is 13.9 Å². The first-order valence-corrected chi connectivity index (χ1v) is 17.5. The minimum atomic E-state index is -1.94. The van der Waals surface area contributed by atoms with Gasteiger partial charge in [0, 0.05) is 17.7 Å². The lowest BCUT2D eigenvalue weighted by Gasteiger charge is -2.35. The summed E-state index contributed by atoms with van der Waals surface area (Å²) in [5.41, 5.74) is 2.76. The van der Waals surface area contributed by atoms with E-state index in [1.54, 1.807) is 58.0 Å². The van der Waals surface area contributed by atoms with Gasteiger partial charge in [0.05, 0.1) is 18.9 Å². The summed E-state index contributed by atoms with van der Waals surface area (Å²) >= 11 is 0. The van der Waals surface area contributed by atoms with E-state index in [0.717, 1.165) is 11.1 Å². The van der Waals surface area contributed by atoms with Crippen LogP contribution in [0.1, 0.15) is 82.2 Å². The average Bonchev–Trinajstić information content (AvgIpc) is 2.90. The van der Waals surface area contributed by atoms with Crippen molar-refractivity contribution >= 4 is 26.3 Å². The summed E-state index contributed by atoms with van der Waals surface area (Å²) < 4.78 is 16.7. The van der Waals surface area contributed by atoms with Crippen molar-refractivity contribution in [2.75, 3.05) is 13.2 Å². The number of rotatable bonds is 9. The van der Waals surface area contributed by atoms with Crippen LogP contribution in [-0.4, -0.2) is 50.3 Å². The SMILES string of the molecule is CC(C(=O)O)c1cc(C#CCOC(=O)Cc2cccc(CNC(=O)OC(C)(C)C)c2)cc(C#CCO[Si](C)(C)C(C)(C)C)c1. The first-order chi connectivity index (χ1) is 20.4. The summed E-state index contributed by atoms with van der Waals surface area (Å²) in [6.07, 6.45) is -0.469. The molecular weight excluding hydrogens is 574 g/mol. The van der Waals surface area contributed by atoms with Crippen LogP contribution in [0.15, 0.2) is 42.5 Å². The third kappa shape index (κ3) is 12.7. The zero-order valence-electron chi connectivity index (χ0n) is 27.3. The van der Waals surface area contributed by atoms with E-state index < -0.39 is 37.9 Å². The van der Waals surface area contributed by atoms with Gasteiger partial charge in [-0.1, -0.05) is 68.7 Å². The van der Waals surface area contributed by atoms with Gasteiger partial charge in [-0.2, -0.15) is 0 Å². The number of carboxylic acids is 1. The molecule has 2 N–H and O–H groups in total. The summed E-state index contributed by atoms with van der Waals surface area (Å²) in [6, 6.07) is 12.5. The Labute approximate surface area is 263 Å². The van der Waals surface area contributed by atoms with Gasteiger partial charge in [0.25, 0.3) is 0 Å². The fraction of sp³-hybridized carbons (Fsp3) is 0.457. The van der Waals surface area contributed by atoms with E-state index in [9.17, 15) is 19.5 Å². The molecule has 9 heteroatoms. The topological polar surface area (TPSA) is 111 Å². The lowest BCUT2D eigenvalue weighted by molar-refractivity contribution is -0.141. The Morgan fingerprint density at radius 2 is 1.50 bits per heavy atom. The number of aliphatic carboxylic acids is 1. The van der Waals surface area contributed by atoms with Crippen LogP contribution in [0.2, 0.25) is 18.1 Å². The number of carbonyl (C=O) groups excluding carboxylic acids is 2. The predicted molar refractivity (Wildman–Crippen MR) is 174 cm³/mol. The molecule has 0 aromatic heterocycles. The van der Waals surface area contributed by atoms with E-state index in [-0.39, 0.29) is 31.2 Å². The second-order valence-electron chi connectivity index (χ2n) is 13.1. The van der Waals surface area contributed by atoms with Crippen molar-refractivity contribution in [1.29, 1.82) is 0 Å². The highest BCUT2D eigenvalue weighted by Gasteiger charge is 2.36. The van der Waals surface area contributed by atoms with Crippen LogP contribution in [-0.2, 0) is 36.5 Å². The van der Waals surface area contributed by atoms with Crippen LogP contribution in [0.25, 0.3) is 0 Å². The molecule has 8 nitrogen and oxygen atoms in total. The number of carboxylic acid groups (broad SMARTS) is 1. The number of hydrogen-bond acceptors (Lipinski definition) is 6. The lowest BCUT2D eigenvalue weighted by atomic mass is 9.96. The number of ether oxygens (including phenoxy) is 2. The minimum Gasteiger partial charge on any atom is -0.481 e. The van der Waals surface area contributed by atoms with Gasteiger partial charge in [0.15, 0.2) is 14.9 Å². The van der Waals surface area contributed by atoms with Crippen LogP contribution in [0.5, 0.6) is 0 Å². The van der Waals surface area contributed by atoms with Gasteiger partial charge in [-0.05, 0) is 80.7 Å². The van der Waals surface area contributed by atoms with Gasteiger partial charge in [-0.3, -0.25) is 9.59 Å². The summed E-state index contributed by atoms with van der Waals surface area (Å²) in [5.74, 6) is 9.80. The fourth-order valence-corrected chi connectivity index (χ4v) is 4.44. The molecule has 2 rings (SSSR count). The molecule has 0 fully saturated rings. The number of carbonyl (C=O) groups is 3. The van der Waals surface area contributed by atoms with Crippen LogP contribution in [0.4, 0.5) is 4.79 Å². The summed E-state index contributed by atoms with van der Waals surface area (Å²) in [6.45, 7) is 18.2. The summed E-state index contributed by atoms with van der Waals surface area (Å²) in [7, 11) is -1.94. The van der Waals surface area contributed by atoms with Gasteiger partial charge in [-0.25, -0.2) is 4.79 Å². The Morgan fingerprint density at radius 1 is 0.909 bits per heavy atom. The molecule has 1 amide bonds. The Hall–Kier alpha value is -4.05. The number of hydrogen-bond donors (Lipinski definition) is 2. The molecule has 1 atom stereocenters. The Morgan fingerprint density at radius 3 is 2.07 bits per heavy atom. The number of esters is 1. The highest BCUT2D eigenvalue weighted by atomic mass is 28.4. The Bertz CT molecular complexity index is 1460.